The Hall–Kier alpha value is -0.940. The lowest BCUT2D eigenvalue weighted by Crippen LogP contribution is -2.52. The fourth-order valence-corrected chi connectivity index (χ4v) is 2.29. The molecule has 1 unspecified atom stereocenters. The molecule has 2 rings (SSSR count). The van der Waals surface area contributed by atoms with Gasteiger partial charge in [0.2, 0.25) is 5.91 Å². The standard InChI is InChI=1S/C11H14BrN3O/c1-7-3-10(16)15(7)11-8(5-13-2)4-9(12)6-14-11/h4,6-7,13H,3,5H2,1-2H3. The number of nitrogens with one attached hydrogen (secondary N) is 1. The number of carbonyl (C=O) groups is 1. The second kappa shape index (κ2) is 4.51. The second-order valence-corrected chi connectivity index (χ2v) is 4.90. The minimum absolute atomic E-state index is 0.152. The summed E-state index contributed by atoms with van der Waals surface area (Å²) in [6.07, 6.45) is 2.35. The van der Waals surface area contributed by atoms with Gasteiger partial charge in [-0.05, 0) is 36.0 Å². The van der Waals surface area contributed by atoms with Crippen molar-refractivity contribution in [3.8, 4) is 0 Å². The number of β-lactam (4-membered cyclic amide) rings is 1. The Morgan fingerprint density at radius 1 is 1.69 bits per heavy atom. The van der Waals surface area contributed by atoms with E-state index in [9.17, 15) is 4.79 Å². The summed E-state index contributed by atoms with van der Waals surface area (Å²) in [5.41, 5.74) is 1.04. The predicted octanol–water partition coefficient (Wildman–Crippen LogP) is 1.69. The number of nitrogens with zero attached hydrogens (tertiary/aromatic N) is 2. The van der Waals surface area contributed by atoms with Crippen molar-refractivity contribution in [2.45, 2.75) is 25.9 Å². The predicted molar refractivity (Wildman–Crippen MR) is 66.3 cm³/mol. The van der Waals surface area contributed by atoms with E-state index in [1.807, 2.05) is 20.0 Å². The maximum atomic E-state index is 11.5. The molecule has 0 spiro atoms. The molecule has 1 atom stereocenters. The maximum absolute atomic E-state index is 11.5. The highest BCUT2D eigenvalue weighted by atomic mass is 79.9. The van der Waals surface area contributed by atoms with Crippen molar-refractivity contribution in [2.24, 2.45) is 0 Å². The van der Waals surface area contributed by atoms with Crippen LogP contribution >= 0.6 is 15.9 Å². The van der Waals surface area contributed by atoms with Gasteiger partial charge in [-0.15, -0.1) is 0 Å². The first-order valence-electron chi connectivity index (χ1n) is 5.24. The number of anilines is 1. The monoisotopic (exact) mass is 283 g/mol. The highest BCUT2D eigenvalue weighted by Gasteiger charge is 2.35. The molecule has 1 fully saturated rings. The molecule has 4 nitrogen and oxygen atoms in total. The van der Waals surface area contributed by atoms with Crippen LogP contribution in [0.2, 0.25) is 0 Å². The summed E-state index contributed by atoms with van der Waals surface area (Å²) >= 11 is 3.39. The molecule has 0 bridgehead atoms. The van der Waals surface area contributed by atoms with Crippen LogP contribution in [0.5, 0.6) is 0 Å². The fourth-order valence-electron chi connectivity index (χ4n) is 1.91. The Labute approximate surface area is 103 Å². The highest BCUT2D eigenvalue weighted by molar-refractivity contribution is 9.10. The number of rotatable bonds is 3. The molecule has 1 aromatic rings. The van der Waals surface area contributed by atoms with Crippen LogP contribution in [0.4, 0.5) is 5.82 Å². The number of hydrogen-bond donors (Lipinski definition) is 1. The van der Waals surface area contributed by atoms with Gasteiger partial charge >= 0.3 is 0 Å². The van der Waals surface area contributed by atoms with Crippen molar-refractivity contribution < 1.29 is 4.79 Å². The van der Waals surface area contributed by atoms with E-state index in [1.165, 1.54) is 0 Å². The number of aromatic nitrogens is 1. The van der Waals surface area contributed by atoms with E-state index in [2.05, 4.69) is 26.2 Å². The summed E-state index contributed by atoms with van der Waals surface area (Å²) < 4.78 is 0.933. The van der Waals surface area contributed by atoms with Crippen molar-refractivity contribution in [3.63, 3.8) is 0 Å². The van der Waals surface area contributed by atoms with Gasteiger partial charge in [0.05, 0.1) is 0 Å². The first kappa shape index (κ1) is 11.5. The van der Waals surface area contributed by atoms with Crippen molar-refractivity contribution in [1.29, 1.82) is 0 Å². The molecule has 1 aromatic heterocycles. The average Bonchev–Trinajstić information content (AvgIpc) is 2.22. The minimum atomic E-state index is 0.152. The van der Waals surface area contributed by atoms with Crippen LogP contribution in [0.25, 0.3) is 0 Å². The van der Waals surface area contributed by atoms with Crippen LogP contribution in [0, 0.1) is 0 Å². The van der Waals surface area contributed by atoms with Gasteiger partial charge in [0, 0.05) is 35.2 Å². The summed E-state index contributed by atoms with van der Waals surface area (Å²) in [6.45, 7) is 2.74. The summed E-state index contributed by atoms with van der Waals surface area (Å²) in [5, 5.41) is 3.09. The maximum Gasteiger partial charge on any atom is 0.230 e. The largest absolute Gasteiger partial charge is 0.316 e. The second-order valence-electron chi connectivity index (χ2n) is 3.98. The molecule has 16 heavy (non-hydrogen) atoms. The Bertz CT molecular complexity index is 422. The Morgan fingerprint density at radius 3 is 3.00 bits per heavy atom. The van der Waals surface area contributed by atoms with Gasteiger partial charge in [0.1, 0.15) is 5.82 Å². The lowest BCUT2D eigenvalue weighted by molar-refractivity contribution is -0.123. The number of carbonyl (C=O) groups excluding carboxylic acids is 1. The summed E-state index contributed by atoms with van der Waals surface area (Å²) in [4.78, 5) is 17.6. The molecule has 1 saturated heterocycles. The van der Waals surface area contributed by atoms with Crippen LogP contribution in [-0.4, -0.2) is 24.0 Å². The van der Waals surface area contributed by atoms with E-state index < -0.39 is 0 Å². The zero-order valence-corrected chi connectivity index (χ0v) is 10.9. The van der Waals surface area contributed by atoms with Crippen LogP contribution < -0.4 is 10.2 Å². The molecule has 5 heteroatoms. The van der Waals surface area contributed by atoms with Crippen molar-refractivity contribution in [1.82, 2.24) is 10.3 Å². The molecule has 0 aromatic carbocycles. The normalized spacial score (nSPS) is 19.8. The van der Waals surface area contributed by atoms with E-state index in [0.717, 1.165) is 15.9 Å². The lowest BCUT2D eigenvalue weighted by atomic mass is 10.0. The van der Waals surface area contributed by atoms with Crippen LogP contribution in [0.1, 0.15) is 18.9 Å². The highest BCUT2D eigenvalue weighted by Crippen LogP contribution is 2.30. The van der Waals surface area contributed by atoms with Crippen LogP contribution in [-0.2, 0) is 11.3 Å². The van der Waals surface area contributed by atoms with Crippen LogP contribution in [0.3, 0.4) is 0 Å². The van der Waals surface area contributed by atoms with Gasteiger partial charge in [-0.3, -0.25) is 9.69 Å². The van der Waals surface area contributed by atoms with Gasteiger partial charge in [-0.1, -0.05) is 0 Å². The summed E-state index contributed by atoms with van der Waals surface area (Å²) in [5.74, 6) is 0.931. The number of amides is 1. The first-order chi connectivity index (χ1) is 7.63. The van der Waals surface area contributed by atoms with Gasteiger partial charge in [-0.25, -0.2) is 4.98 Å². The molecule has 0 saturated carbocycles. The fraction of sp³-hybridized carbons (Fsp3) is 0.455. The van der Waals surface area contributed by atoms with Gasteiger partial charge in [0.25, 0.3) is 0 Å². The van der Waals surface area contributed by atoms with Crippen molar-refractivity contribution in [3.05, 3.63) is 22.3 Å². The Morgan fingerprint density at radius 2 is 2.44 bits per heavy atom. The molecule has 1 aliphatic rings. The number of pyridine rings is 1. The lowest BCUT2D eigenvalue weighted by Gasteiger charge is -2.38. The zero-order chi connectivity index (χ0) is 11.7. The van der Waals surface area contributed by atoms with Crippen molar-refractivity contribution >= 4 is 27.7 Å². The zero-order valence-electron chi connectivity index (χ0n) is 9.33. The molecule has 2 heterocycles. The first-order valence-corrected chi connectivity index (χ1v) is 6.04. The molecule has 0 aliphatic carbocycles. The molecule has 0 radical (unpaired) electrons. The van der Waals surface area contributed by atoms with Crippen LogP contribution in [0.15, 0.2) is 16.7 Å². The van der Waals surface area contributed by atoms with E-state index in [0.29, 0.717) is 13.0 Å². The minimum Gasteiger partial charge on any atom is -0.316 e. The molecule has 1 N–H and O–H groups in total. The van der Waals surface area contributed by atoms with Gasteiger partial charge in [0.15, 0.2) is 0 Å². The molecule has 1 amide bonds. The molecular weight excluding hydrogens is 270 g/mol. The average molecular weight is 284 g/mol. The van der Waals surface area contributed by atoms with E-state index in [-0.39, 0.29) is 11.9 Å². The smallest absolute Gasteiger partial charge is 0.230 e. The van der Waals surface area contributed by atoms with Gasteiger partial charge < -0.3 is 5.32 Å². The summed E-state index contributed by atoms with van der Waals surface area (Å²) in [7, 11) is 1.88. The van der Waals surface area contributed by atoms with E-state index in [1.54, 1.807) is 11.1 Å². The number of halogens is 1. The Kier molecular flexibility index (Phi) is 3.25. The molecule has 86 valence electrons. The van der Waals surface area contributed by atoms with E-state index >= 15 is 0 Å². The summed E-state index contributed by atoms with van der Waals surface area (Å²) in [6, 6.07) is 2.26. The topological polar surface area (TPSA) is 45.2 Å². The molecular formula is C11H14BrN3O. The Balaban J connectivity index is 2.35. The number of hydrogen-bond acceptors (Lipinski definition) is 3. The third-order valence-corrected chi connectivity index (χ3v) is 3.12. The SMILES string of the molecule is CNCc1cc(Br)cnc1N1C(=O)CC1C. The third kappa shape index (κ3) is 1.97. The van der Waals surface area contributed by atoms with Gasteiger partial charge in [-0.2, -0.15) is 0 Å². The van der Waals surface area contributed by atoms with Crippen molar-refractivity contribution in [2.75, 3.05) is 11.9 Å². The van der Waals surface area contributed by atoms with E-state index in [4.69, 9.17) is 0 Å². The third-order valence-electron chi connectivity index (χ3n) is 2.68. The quantitative estimate of drug-likeness (QED) is 0.859. The molecule has 1 aliphatic heterocycles.